The first kappa shape index (κ1) is 21.4. The van der Waals surface area contributed by atoms with Crippen molar-refractivity contribution < 1.29 is 19.1 Å². The van der Waals surface area contributed by atoms with Gasteiger partial charge in [-0.1, -0.05) is 30.3 Å². The van der Waals surface area contributed by atoms with Gasteiger partial charge in [0.05, 0.1) is 30.9 Å². The largest absolute Gasteiger partial charge is 0.497 e. The van der Waals surface area contributed by atoms with Gasteiger partial charge < -0.3 is 20.1 Å². The molecular formula is C23H22N4O4S. The molecule has 4 aromatic rings. The van der Waals surface area contributed by atoms with Crippen LogP contribution in [0.2, 0.25) is 0 Å². The lowest BCUT2D eigenvalue weighted by Crippen LogP contribution is -2.22. The lowest BCUT2D eigenvalue weighted by Gasteiger charge is -2.08. The number of amides is 2. The van der Waals surface area contributed by atoms with Crippen LogP contribution < -0.4 is 20.1 Å². The fourth-order valence-corrected chi connectivity index (χ4v) is 4.20. The van der Waals surface area contributed by atoms with Crippen molar-refractivity contribution in [2.45, 2.75) is 13.0 Å². The molecule has 9 heteroatoms. The van der Waals surface area contributed by atoms with Gasteiger partial charge in [-0.05, 0) is 29.8 Å². The van der Waals surface area contributed by atoms with E-state index >= 15 is 0 Å². The maximum absolute atomic E-state index is 12.6. The van der Waals surface area contributed by atoms with Crippen LogP contribution in [-0.4, -0.2) is 36.2 Å². The first-order valence-electron chi connectivity index (χ1n) is 9.88. The van der Waals surface area contributed by atoms with Crippen molar-refractivity contribution in [3.8, 4) is 11.5 Å². The van der Waals surface area contributed by atoms with Gasteiger partial charge in [-0.3, -0.25) is 14.7 Å². The second kappa shape index (κ2) is 9.52. The third kappa shape index (κ3) is 4.73. The van der Waals surface area contributed by atoms with Crippen molar-refractivity contribution in [2.75, 3.05) is 19.5 Å². The lowest BCUT2D eigenvalue weighted by molar-refractivity contribution is -0.115. The number of aromatic amines is 1. The van der Waals surface area contributed by atoms with Crippen LogP contribution in [0.4, 0.5) is 5.82 Å². The second-order valence-corrected chi connectivity index (χ2v) is 8.05. The highest BCUT2D eigenvalue weighted by molar-refractivity contribution is 7.20. The SMILES string of the molecule is COc1cccc(CC(=O)Nc2n[nH]c3sc(C(=O)NCc4ccccc4OC)cc23)c1. The first-order valence-corrected chi connectivity index (χ1v) is 10.7. The number of fused-ring (bicyclic) bond motifs is 1. The van der Waals surface area contributed by atoms with Gasteiger partial charge in [-0.2, -0.15) is 5.10 Å². The molecule has 0 bridgehead atoms. The molecule has 2 amide bonds. The van der Waals surface area contributed by atoms with E-state index in [9.17, 15) is 9.59 Å². The number of hydrogen-bond donors (Lipinski definition) is 3. The summed E-state index contributed by atoms with van der Waals surface area (Å²) < 4.78 is 10.5. The van der Waals surface area contributed by atoms with Crippen LogP contribution in [0.1, 0.15) is 20.8 Å². The van der Waals surface area contributed by atoms with Gasteiger partial charge in [0.2, 0.25) is 5.91 Å². The Bertz CT molecular complexity index is 1260. The molecule has 2 heterocycles. The van der Waals surface area contributed by atoms with Gasteiger partial charge in [-0.15, -0.1) is 11.3 Å². The second-order valence-electron chi connectivity index (χ2n) is 7.00. The predicted octanol–water partition coefficient (Wildman–Crippen LogP) is 3.75. The number of benzene rings is 2. The summed E-state index contributed by atoms with van der Waals surface area (Å²) in [6.45, 7) is 0.344. The molecular weight excluding hydrogens is 428 g/mol. The topological polar surface area (TPSA) is 105 Å². The van der Waals surface area contributed by atoms with E-state index < -0.39 is 0 Å². The molecule has 2 aromatic heterocycles. The Kier molecular flexibility index (Phi) is 6.37. The Morgan fingerprint density at radius 2 is 1.91 bits per heavy atom. The molecule has 164 valence electrons. The van der Waals surface area contributed by atoms with E-state index in [2.05, 4.69) is 20.8 Å². The molecule has 0 saturated heterocycles. The summed E-state index contributed by atoms with van der Waals surface area (Å²) in [7, 11) is 3.18. The van der Waals surface area contributed by atoms with Crippen LogP contribution in [0.5, 0.6) is 11.5 Å². The number of hydrogen-bond acceptors (Lipinski definition) is 6. The monoisotopic (exact) mass is 450 g/mol. The number of aromatic nitrogens is 2. The standard InChI is InChI=1S/C23H22N4O4S/c1-30-16-8-5-6-14(10-16)11-20(28)25-21-17-12-19(32-23(17)27-26-21)22(29)24-13-15-7-3-4-9-18(15)31-2/h3-10,12H,11,13H2,1-2H3,(H,24,29)(H2,25,26,27,28). The van der Waals surface area contributed by atoms with E-state index in [1.165, 1.54) is 11.3 Å². The number of carbonyl (C=O) groups is 2. The highest BCUT2D eigenvalue weighted by Crippen LogP contribution is 2.29. The Hall–Kier alpha value is -3.85. The molecule has 0 spiro atoms. The highest BCUT2D eigenvalue weighted by Gasteiger charge is 2.17. The Morgan fingerprint density at radius 1 is 1.06 bits per heavy atom. The van der Waals surface area contributed by atoms with Crippen LogP contribution in [0.15, 0.2) is 54.6 Å². The van der Waals surface area contributed by atoms with E-state index in [-0.39, 0.29) is 18.2 Å². The number of carbonyl (C=O) groups excluding carboxylic acids is 2. The molecule has 2 aromatic carbocycles. The van der Waals surface area contributed by atoms with Crippen molar-refractivity contribution in [3.05, 3.63) is 70.6 Å². The van der Waals surface area contributed by atoms with Crippen molar-refractivity contribution in [3.63, 3.8) is 0 Å². The van der Waals surface area contributed by atoms with E-state index in [1.807, 2.05) is 48.5 Å². The van der Waals surface area contributed by atoms with Crippen LogP contribution in [-0.2, 0) is 17.8 Å². The van der Waals surface area contributed by atoms with Crippen molar-refractivity contribution in [1.82, 2.24) is 15.5 Å². The summed E-state index contributed by atoms with van der Waals surface area (Å²) in [5.41, 5.74) is 1.72. The summed E-state index contributed by atoms with van der Waals surface area (Å²) in [6, 6.07) is 16.6. The van der Waals surface area contributed by atoms with E-state index in [1.54, 1.807) is 20.3 Å². The summed E-state index contributed by atoms with van der Waals surface area (Å²) in [6.07, 6.45) is 0.182. The number of thiophene rings is 1. The summed E-state index contributed by atoms with van der Waals surface area (Å²) in [4.78, 5) is 26.4. The molecule has 0 atom stereocenters. The minimum atomic E-state index is -0.209. The molecule has 0 aliphatic rings. The van der Waals surface area contributed by atoms with Crippen LogP contribution in [0.25, 0.3) is 10.2 Å². The fraction of sp³-hybridized carbons (Fsp3) is 0.174. The number of nitrogens with zero attached hydrogens (tertiary/aromatic N) is 1. The van der Waals surface area contributed by atoms with Gasteiger partial charge in [0.25, 0.3) is 5.91 Å². The van der Waals surface area contributed by atoms with Gasteiger partial charge in [0, 0.05) is 12.1 Å². The number of anilines is 1. The van der Waals surface area contributed by atoms with E-state index in [4.69, 9.17) is 9.47 Å². The molecule has 0 saturated carbocycles. The maximum Gasteiger partial charge on any atom is 0.261 e. The zero-order valence-electron chi connectivity index (χ0n) is 17.6. The number of H-pyrrole nitrogens is 1. The molecule has 0 aliphatic carbocycles. The zero-order chi connectivity index (χ0) is 22.5. The van der Waals surface area contributed by atoms with Crippen molar-refractivity contribution in [1.29, 1.82) is 0 Å². The van der Waals surface area contributed by atoms with Gasteiger partial charge in [-0.25, -0.2) is 0 Å². The minimum Gasteiger partial charge on any atom is -0.497 e. The summed E-state index contributed by atoms with van der Waals surface area (Å²) in [5.74, 6) is 1.39. The Morgan fingerprint density at radius 3 is 2.72 bits per heavy atom. The average molecular weight is 451 g/mol. The summed E-state index contributed by atoms with van der Waals surface area (Å²) >= 11 is 1.28. The van der Waals surface area contributed by atoms with Gasteiger partial charge >= 0.3 is 0 Å². The third-order valence-corrected chi connectivity index (χ3v) is 5.91. The van der Waals surface area contributed by atoms with Crippen LogP contribution in [0.3, 0.4) is 0 Å². The number of methoxy groups -OCH3 is 2. The normalized spacial score (nSPS) is 10.7. The van der Waals surface area contributed by atoms with E-state index in [0.717, 1.165) is 16.9 Å². The third-order valence-electron chi connectivity index (χ3n) is 4.87. The Balaban J connectivity index is 1.42. The van der Waals surface area contributed by atoms with Crippen LogP contribution >= 0.6 is 11.3 Å². The molecule has 3 N–H and O–H groups in total. The molecule has 32 heavy (non-hydrogen) atoms. The zero-order valence-corrected chi connectivity index (χ0v) is 18.4. The van der Waals surface area contributed by atoms with Gasteiger partial charge in [0.15, 0.2) is 5.82 Å². The Labute approximate surface area is 188 Å². The van der Waals surface area contributed by atoms with Crippen molar-refractivity contribution in [2.24, 2.45) is 0 Å². The smallest absolute Gasteiger partial charge is 0.261 e. The lowest BCUT2D eigenvalue weighted by atomic mass is 10.1. The maximum atomic E-state index is 12.6. The summed E-state index contributed by atoms with van der Waals surface area (Å²) in [5, 5.41) is 13.5. The fourth-order valence-electron chi connectivity index (χ4n) is 3.28. The quantitative estimate of drug-likeness (QED) is 0.379. The molecule has 0 radical (unpaired) electrons. The molecule has 8 nitrogen and oxygen atoms in total. The highest BCUT2D eigenvalue weighted by atomic mass is 32.1. The average Bonchev–Trinajstić information content (AvgIpc) is 3.39. The minimum absolute atomic E-state index is 0.182. The van der Waals surface area contributed by atoms with Crippen LogP contribution in [0, 0.1) is 0 Å². The first-order chi connectivity index (χ1) is 15.6. The number of ether oxygens (including phenoxy) is 2. The number of rotatable bonds is 8. The van der Waals surface area contributed by atoms with E-state index in [0.29, 0.717) is 33.2 Å². The number of para-hydroxylation sites is 1. The molecule has 0 unspecified atom stereocenters. The number of nitrogens with one attached hydrogen (secondary N) is 3. The molecule has 0 aliphatic heterocycles. The molecule has 0 fully saturated rings. The predicted molar refractivity (Wildman–Crippen MR) is 123 cm³/mol. The molecule has 4 rings (SSSR count). The van der Waals surface area contributed by atoms with Crippen molar-refractivity contribution >= 4 is 39.2 Å². The van der Waals surface area contributed by atoms with Gasteiger partial charge in [0.1, 0.15) is 16.3 Å².